The zero-order valence-corrected chi connectivity index (χ0v) is 13.6. The second kappa shape index (κ2) is 6.90. The van der Waals surface area contributed by atoms with Crippen LogP contribution in [0, 0.1) is 11.2 Å². The molecule has 0 spiro atoms. The summed E-state index contributed by atoms with van der Waals surface area (Å²) in [4.78, 5) is 0. The maximum Gasteiger partial charge on any atom is 0.141 e. The van der Waals surface area contributed by atoms with E-state index in [1.165, 1.54) is 31.7 Å². The van der Waals surface area contributed by atoms with Gasteiger partial charge in [0.1, 0.15) is 11.6 Å². The molecule has 1 aromatic carbocycles. The summed E-state index contributed by atoms with van der Waals surface area (Å²) in [5.74, 6) is 0.370. The number of nitrogens with two attached hydrogens (primary N) is 1. The van der Waals surface area contributed by atoms with Crippen LogP contribution in [0.5, 0.6) is 5.75 Å². The quantitative estimate of drug-likeness (QED) is 0.828. The zero-order valence-electron chi connectivity index (χ0n) is 12.1. The molecule has 0 amide bonds. The molecule has 0 bridgehead atoms. The number of aryl methyl sites for hydroxylation is 1. The van der Waals surface area contributed by atoms with Crippen molar-refractivity contribution in [3.63, 3.8) is 0 Å². The molecule has 0 atom stereocenters. The fraction of sp³-hybridized carbons (Fsp3) is 0.625. The van der Waals surface area contributed by atoms with Crippen LogP contribution in [-0.2, 0) is 6.42 Å². The molecule has 0 unspecified atom stereocenters. The minimum absolute atomic E-state index is 0.275. The van der Waals surface area contributed by atoms with Crippen LogP contribution in [-0.4, -0.2) is 13.7 Å². The number of halogens is 2. The van der Waals surface area contributed by atoms with E-state index >= 15 is 0 Å². The van der Waals surface area contributed by atoms with E-state index in [-0.39, 0.29) is 5.82 Å². The van der Waals surface area contributed by atoms with Crippen molar-refractivity contribution in [1.29, 1.82) is 0 Å². The molecule has 2 nitrogen and oxygen atoms in total. The molecule has 1 aromatic rings. The minimum atomic E-state index is -0.275. The molecule has 1 saturated carbocycles. The van der Waals surface area contributed by atoms with Crippen LogP contribution >= 0.6 is 15.9 Å². The average molecular weight is 344 g/mol. The van der Waals surface area contributed by atoms with E-state index in [2.05, 4.69) is 15.9 Å². The van der Waals surface area contributed by atoms with E-state index in [9.17, 15) is 4.39 Å². The lowest BCUT2D eigenvalue weighted by Crippen LogP contribution is -2.22. The van der Waals surface area contributed by atoms with Gasteiger partial charge in [-0.1, -0.05) is 12.8 Å². The summed E-state index contributed by atoms with van der Waals surface area (Å²) in [5, 5.41) is 0. The predicted octanol–water partition coefficient (Wildman–Crippen LogP) is 4.44. The van der Waals surface area contributed by atoms with Crippen molar-refractivity contribution in [2.75, 3.05) is 13.7 Å². The third-order valence-electron chi connectivity index (χ3n) is 4.59. The minimum Gasteiger partial charge on any atom is -0.496 e. The molecule has 112 valence electrons. The lowest BCUT2D eigenvalue weighted by molar-refractivity contribution is 0.252. The molecule has 0 aromatic heterocycles. The average Bonchev–Trinajstić information content (AvgIpc) is 2.89. The zero-order chi connectivity index (χ0) is 14.6. The molecule has 1 fully saturated rings. The molecule has 0 saturated heterocycles. The first-order chi connectivity index (χ1) is 9.60. The van der Waals surface area contributed by atoms with Gasteiger partial charge in [0.15, 0.2) is 0 Å². The Hall–Kier alpha value is -0.610. The van der Waals surface area contributed by atoms with Crippen LogP contribution in [0.15, 0.2) is 16.6 Å². The van der Waals surface area contributed by atoms with Gasteiger partial charge in [-0.2, -0.15) is 0 Å². The van der Waals surface area contributed by atoms with Gasteiger partial charge < -0.3 is 10.5 Å². The maximum atomic E-state index is 13.5. The summed E-state index contributed by atoms with van der Waals surface area (Å²) >= 11 is 3.26. The van der Waals surface area contributed by atoms with E-state index < -0.39 is 0 Å². The number of benzene rings is 1. The molecule has 1 aliphatic carbocycles. The van der Waals surface area contributed by atoms with Crippen molar-refractivity contribution < 1.29 is 9.13 Å². The monoisotopic (exact) mass is 343 g/mol. The van der Waals surface area contributed by atoms with Crippen LogP contribution in [0.3, 0.4) is 0 Å². The second-order valence-corrected chi connectivity index (χ2v) is 6.68. The van der Waals surface area contributed by atoms with Crippen LogP contribution < -0.4 is 10.5 Å². The molecule has 2 rings (SSSR count). The third-order valence-corrected chi connectivity index (χ3v) is 5.19. The first-order valence-electron chi connectivity index (χ1n) is 7.32. The van der Waals surface area contributed by atoms with Crippen molar-refractivity contribution >= 4 is 15.9 Å². The second-order valence-electron chi connectivity index (χ2n) is 5.82. The van der Waals surface area contributed by atoms with Crippen LogP contribution in [0.4, 0.5) is 4.39 Å². The molecule has 0 radical (unpaired) electrons. The first-order valence-corrected chi connectivity index (χ1v) is 8.11. The van der Waals surface area contributed by atoms with Crippen LogP contribution in [0.25, 0.3) is 0 Å². The third kappa shape index (κ3) is 3.53. The van der Waals surface area contributed by atoms with E-state index in [1.54, 1.807) is 7.11 Å². The number of hydrogen-bond acceptors (Lipinski definition) is 2. The molecule has 0 heterocycles. The van der Waals surface area contributed by atoms with Gasteiger partial charge in [0.25, 0.3) is 0 Å². The van der Waals surface area contributed by atoms with E-state index in [1.807, 2.05) is 6.07 Å². The van der Waals surface area contributed by atoms with Gasteiger partial charge in [0.2, 0.25) is 0 Å². The van der Waals surface area contributed by atoms with Gasteiger partial charge in [-0.05, 0) is 71.6 Å². The van der Waals surface area contributed by atoms with E-state index in [4.69, 9.17) is 10.5 Å². The molecule has 4 heteroatoms. The molecular weight excluding hydrogens is 321 g/mol. The number of ether oxygens (including phenoxy) is 1. The molecule has 2 N–H and O–H groups in total. The fourth-order valence-corrected chi connectivity index (χ4v) is 3.80. The lowest BCUT2D eigenvalue weighted by Gasteiger charge is -2.29. The SMILES string of the molecule is COc1cc(F)c(Br)cc1CCC1(CCN)CCCC1. The Balaban J connectivity index is 2.11. The Morgan fingerprint density at radius 1 is 1.30 bits per heavy atom. The Labute approximate surface area is 129 Å². The predicted molar refractivity (Wildman–Crippen MR) is 83.5 cm³/mol. The number of rotatable bonds is 6. The van der Waals surface area contributed by atoms with Crippen molar-refractivity contribution in [3.8, 4) is 5.75 Å². The number of methoxy groups -OCH3 is 1. The van der Waals surface area contributed by atoms with Gasteiger partial charge in [-0.15, -0.1) is 0 Å². The highest BCUT2D eigenvalue weighted by atomic mass is 79.9. The molecule has 20 heavy (non-hydrogen) atoms. The molecule has 0 aliphatic heterocycles. The smallest absolute Gasteiger partial charge is 0.141 e. The van der Waals surface area contributed by atoms with Gasteiger partial charge >= 0.3 is 0 Å². The van der Waals surface area contributed by atoms with Gasteiger partial charge in [-0.3, -0.25) is 0 Å². The van der Waals surface area contributed by atoms with Crippen LogP contribution in [0.1, 0.15) is 44.1 Å². The van der Waals surface area contributed by atoms with Crippen molar-refractivity contribution in [3.05, 3.63) is 28.0 Å². The number of hydrogen-bond donors (Lipinski definition) is 1. The molecule has 1 aliphatic rings. The highest BCUT2D eigenvalue weighted by Gasteiger charge is 2.32. The summed E-state index contributed by atoms with van der Waals surface area (Å²) in [6, 6.07) is 3.31. The Morgan fingerprint density at radius 2 is 2.00 bits per heavy atom. The van der Waals surface area contributed by atoms with Gasteiger partial charge in [-0.25, -0.2) is 4.39 Å². The van der Waals surface area contributed by atoms with Crippen molar-refractivity contribution in [2.45, 2.75) is 44.9 Å². The largest absolute Gasteiger partial charge is 0.496 e. The first kappa shape index (κ1) is 15.8. The standard InChI is InChI=1S/C16H23BrFNO/c1-20-15-11-14(18)13(17)10-12(15)4-7-16(8-9-19)5-2-3-6-16/h10-11H,2-9,19H2,1H3. The summed E-state index contributed by atoms with van der Waals surface area (Å²) in [7, 11) is 1.59. The van der Waals surface area contributed by atoms with E-state index in [0.717, 1.165) is 31.4 Å². The Bertz CT molecular complexity index is 458. The summed E-state index contributed by atoms with van der Waals surface area (Å²) in [6.07, 6.45) is 8.29. The Morgan fingerprint density at radius 3 is 2.60 bits per heavy atom. The highest BCUT2D eigenvalue weighted by molar-refractivity contribution is 9.10. The van der Waals surface area contributed by atoms with Gasteiger partial charge in [0.05, 0.1) is 11.6 Å². The lowest BCUT2D eigenvalue weighted by atomic mass is 9.77. The maximum absolute atomic E-state index is 13.5. The summed E-state index contributed by atoms with van der Waals surface area (Å²) in [6.45, 7) is 0.754. The van der Waals surface area contributed by atoms with Crippen molar-refractivity contribution in [2.24, 2.45) is 11.1 Å². The topological polar surface area (TPSA) is 35.2 Å². The van der Waals surface area contributed by atoms with E-state index in [0.29, 0.717) is 15.6 Å². The Kier molecular flexibility index (Phi) is 5.44. The van der Waals surface area contributed by atoms with Crippen LogP contribution in [0.2, 0.25) is 0 Å². The van der Waals surface area contributed by atoms with Crippen molar-refractivity contribution in [1.82, 2.24) is 0 Å². The summed E-state index contributed by atoms with van der Waals surface area (Å²) in [5.41, 5.74) is 7.24. The summed E-state index contributed by atoms with van der Waals surface area (Å²) < 4.78 is 19.4. The molecular formula is C16H23BrFNO. The highest BCUT2D eigenvalue weighted by Crippen LogP contribution is 2.45. The normalized spacial score (nSPS) is 17.4. The fourth-order valence-electron chi connectivity index (χ4n) is 3.41. The van der Waals surface area contributed by atoms with Gasteiger partial charge in [0, 0.05) is 6.07 Å².